The van der Waals surface area contributed by atoms with Gasteiger partial charge in [-0.05, 0) is 39.3 Å². The van der Waals surface area contributed by atoms with Crippen LogP contribution in [0.1, 0.15) is 26.2 Å². The number of esters is 1. The molecule has 4 heteroatoms. The van der Waals surface area contributed by atoms with Gasteiger partial charge in [-0.1, -0.05) is 0 Å². The Labute approximate surface area is 96.9 Å². The van der Waals surface area contributed by atoms with E-state index in [0.29, 0.717) is 12.6 Å². The summed E-state index contributed by atoms with van der Waals surface area (Å²) in [6.07, 6.45) is 3.02. The van der Waals surface area contributed by atoms with Crippen molar-refractivity contribution in [2.45, 2.75) is 32.2 Å². The van der Waals surface area contributed by atoms with Crippen molar-refractivity contribution in [1.29, 1.82) is 0 Å². The molecule has 0 N–H and O–H groups in total. The molecule has 4 nitrogen and oxygen atoms in total. The summed E-state index contributed by atoms with van der Waals surface area (Å²) in [6, 6.07) is 0.586. The Morgan fingerprint density at radius 2 is 2.12 bits per heavy atom. The molecule has 2 aliphatic heterocycles. The molecule has 0 aromatic heterocycles. The summed E-state index contributed by atoms with van der Waals surface area (Å²) in [6.45, 7) is 6.14. The third-order valence-electron chi connectivity index (χ3n) is 3.57. The Morgan fingerprint density at radius 3 is 2.69 bits per heavy atom. The largest absolute Gasteiger partial charge is 0.466 e. The number of ether oxygens (including phenoxy) is 2. The van der Waals surface area contributed by atoms with E-state index in [-0.39, 0.29) is 11.9 Å². The fourth-order valence-electron chi connectivity index (χ4n) is 2.57. The summed E-state index contributed by atoms with van der Waals surface area (Å²) >= 11 is 0. The van der Waals surface area contributed by atoms with E-state index in [1.54, 1.807) is 0 Å². The molecular formula is C12H21NO3. The van der Waals surface area contributed by atoms with E-state index >= 15 is 0 Å². The Balaban J connectivity index is 1.75. The molecule has 0 radical (unpaired) electrons. The number of piperidine rings is 1. The Bertz CT molecular complexity index is 230. The van der Waals surface area contributed by atoms with E-state index < -0.39 is 0 Å². The van der Waals surface area contributed by atoms with Gasteiger partial charge in [0.05, 0.1) is 19.1 Å². The summed E-state index contributed by atoms with van der Waals surface area (Å²) in [5.74, 6) is 0.114. The van der Waals surface area contributed by atoms with Gasteiger partial charge < -0.3 is 9.47 Å². The minimum Gasteiger partial charge on any atom is -0.466 e. The molecule has 2 fully saturated rings. The number of hydrogen-bond acceptors (Lipinski definition) is 4. The molecule has 2 aliphatic rings. The number of nitrogens with zero attached hydrogens (tertiary/aromatic N) is 1. The van der Waals surface area contributed by atoms with Crippen LogP contribution in [0.25, 0.3) is 0 Å². The van der Waals surface area contributed by atoms with E-state index in [9.17, 15) is 4.79 Å². The average Bonchev–Trinajstić information content (AvgIpc) is 2.83. The van der Waals surface area contributed by atoms with Crippen molar-refractivity contribution in [3.63, 3.8) is 0 Å². The van der Waals surface area contributed by atoms with Crippen molar-refractivity contribution in [2.75, 3.05) is 32.9 Å². The van der Waals surface area contributed by atoms with Crippen molar-refractivity contribution in [2.24, 2.45) is 5.92 Å². The van der Waals surface area contributed by atoms with Crippen molar-refractivity contribution < 1.29 is 14.3 Å². The summed E-state index contributed by atoms with van der Waals surface area (Å²) in [4.78, 5) is 14.0. The number of hydrogen-bond donors (Lipinski definition) is 0. The Hall–Kier alpha value is -0.610. The highest BCUT2D eigenvalue weighted by atomic mass is 16.5. The first kappa shape index (κ1) is 11.9. The zero-order valence-corrected chi connectivity index (χ0v) is 9.98. The summed E-state index contributed by atoms with van der Waals surface area (Å²) in [7, 11) is 0. The second-order valence-corrected chi connectivity index (χ2v) is 4.58. The maximum absolute atomic E-state index is 11.6. The maximum Gasteiger partial charge on any atom is 0.309 e. The van der Waals surface area contributed by atoms with Gasteiger partial charge in [0.2, 0.25) is 0 Å². The first-order valence-corrected chi connectivity index (χ1v) is 6.29. The topological polar surface area (TPSA) is 38.8 Å². The SMILES string of the molecule is CCOC(=O)C1CCN([C@H]2CCOC2)CC1. The molecule has 0 spiro atoms. The van der Waals surface area contributed by atoms with Crippen LogP contribution in [0, 0.1) is 5.92 Å². The van der Waals surface area contributed by atoms with Gasteiger partial charge in [-0.25, -0.2) is 0 Å². The Morgan fingerprint density at radius 1 is 1.38 bits per heavy atom. The average molecular weight is 227 g/mol. The van der Waals surface area contributed by atoms with Gasteiger partial charge in [-0.15, -0.1) is 0 Å². The molecule has 0 aromatic rings. The lowest BCUT2D eigenvalue weighted by molar-refractivity contribution is -0.149. The molecule has 2 heterocycles. The minimum atomic E-state index is -0.00942. The number of rotatable bonds is 3. The monoisotopic (exact) mass is 227 g/mol. The van der Waals surface area contributed by atoms with Crippen LogP contribution in [-0.2, 0) is 14.3 Å². The van der Waals surface area contributed by atoms with Gasteiger partial charge in [0.25, 0.3) is 0 Å². The normalized spacial score (nSPS) is 28.2. The van der Waals surface area contributed by atoms with E-state index in [4.69, 9.17) is 9.47 Å². The molecule has 0 aromatic carbocycles. The maximum atomic E-state index is 11.6. The molecule has 92 valence electrons. The highest BCUT2D eigenvalue weighted by molar-refractivity contribution is 5.72. The third kappa shape index (κ3) is 2.74. The van der Waals surface area contributed by atoms with Crippen LogP contribution in [0.2, 0.25) is 0 Å². The highest BCUT2D eigenvalue weighted by Gasteiger charge is 2.30. The van der Waals surface area contributed by atoms with Crippen LogP contribution in [0.3, 0.4) is 0 Å². The molecule has 0 bridgehead atoms. The predicted octanol–water partition coefficient (Wildman–Crippen LogP) is 1.05. The second-order valence-electron chi connectivity index (χ2n) is 4.58. The fraction of sp³-hybridized carbons (Fsp3) is 0.917. The minimum absolute atomic E-state index is 0.00942. The summed E-state index contributed by atoms with van der Waals surface area (Å²) in [5, 5.41) is 0. The molecule has 2 saturated heterocycles. The van der Waals surface area contributed by atoms with Gasteiger partial charge in [0, 0.05) is 12.6 Å². The van der Waals surface area contributed by atoms with Crippen LogP contribution < -0.4 is 0 Å². The quantitative estimate of drug-likeness (QED) is 0.676. The molecule has 0 amide bonds. The van der Waals surface area contributed by atoms with Gasteiger partial charge >= 0.3 is 5.97 Å². The van der Waals surface area contributed by atoms with Crippen molar-refractivity contribution >= 4 is 5.97 Å². The van der Waals surface area contributed by atoms with Gasteiger partial charge in [0.1, 0.15) is 0 Å². The van der Waals surface area contributed by atoms with Crippen LogP contribution in [0.5, 0.6) is 0 Å². The van der Waals surface area contributed by atoms with Crippen LogP contribution >= 0.6 is 0 Å². The van der Waals surface area contributed by atoms with Gasteiger partial charge in [-0.2, -0.15) is 0 Å². The van der Waals surface area contributed by atoms with Gasteiger partial charge in [0.15, 0.2) is 0 Å². The lowest BCUT2D eigenvalue weighted by Gasteiger charge is -2.34. The lowest BCUT2D eigenvalue weighted by Crippen LogP contribution is -2.43. The van der Waals surface area contributed by atoms with E-state index in [2.05, 4.69) is 4.90 Å². The molecule has 16 heavy (non-hydrogen) atoms. The molecule has 0 unspecified atom stereocenters. The second kappa shape index (κ2) is 5.64. The molecular weight excluding hydrogens is 206 g/mol. The predicted molar refractivity (Wildman–Crippen MR) is 60.2 cm³/mol. The lowest BCUT2D eigenvalue weighted by atomic mass is 9.96. The first-order valence-electron chi connectivity index (χ1n) is 6.29. The summed E-state index contributed by atoms with van der Waals surface area (Å²) in [5.41, 5.74) is 0. The zero-order valence-electron chi connectivity index (χ0n) is 9.98. The van der Waals surface area contributed by atoms with Gasteiger partial charge in [-0.3, -0.25) is 9.69 Å². The van der Waals surface area contributed by atoms with E-state index in [1.807, 2.05) is 6.92 Å². The third-order valence-corrected chi connectivity index (χ3v) is 3.57. The van der Waals surface area contributed by atoms with Crippen LogP contribution in [0.15, 0.2) is 0 Å². The van der Waals surface area contributed by atoms with Crippen molar-refractivity contribution in [1.82, 2.24) is 4.90 Å². The summed E-state index contributed by atoms with van der Waals surface area (Å²) < 4.78 is 10.4. The number of carbonyl (C=O) groups is 1. The smallest absolute Gasteiger partial charge is 0.309 e. The molecule has 0 aliphatic carbocycles. The number of carbonyl (C=O) groups excluding carboxylic acids is 1. The van der Waals surface area contributed by atoms with E-state index in [1.165, 1.54) is 0 Å². The van der Waals surface area contributed by atoms with E-state index in [0.717, 1.165) is 45.6 Å². The standard InChI is InChI=1S/C12H21NO3/c1-2-16-12(14)10-3-6-13(7-4-10)11-5-8-15-9-11/h10-11H,2-9H2,1H3/t11-/m0/s1. The van der Waals surface area contributed by atoms with Crippen molar-refractivity contribution in [3.8, 4) is 0 Å². The Kier molecular flexibility index (Phi) is 4.18. The first-order chi connectivity index (χ1) is 7.81. The molecule has 2 rings (SSSR count). The van der Waals surface area contributed by atoms with Crippen molar-refractivity contribution in [3.05, 3.63) is 0 Å². The van der Waals surface area contributed by atoms with Crippen LogP contribution in [-0.4, -0.2) is 49.8 Å². The highest BCUT2D eigenvalue weighted by Crippen LogP contribution is 2.23. The molecule has 0 saturated carbocycles. The zero-order chi connectivity index (χ0) is 11.4. The number of likely N-dealkylation sites (tertiary alicyclic amines) is 1. The van der Waals surface area contributed by atoms with Crippen LogP contribution in [0.4, 0.5) is 0 Å². The fourth-order valence-corrected chi connectivity index (χ4v) is 2.57. The molecule has 1 atom stereocenters.